The highest BCUT2D eigenvalue weighted by Gasteiger charge is 2.30. The van der Waals surface area contributed by atoms with Gasteiger partial charge in [0.05, 0.1) is 6.10 Å². The molecule has 0 unspecified atom stereocenters. The van der Waals surface area contributed by atoms with E-state index in [4.69, 9.17) is 0 Å². The van der Waals surface area contributed by atoms with Crippen LogP contribution >= 0.6 is 0 Å². The topological polar surface area (TPSA) is 23.5 Å². The maximum Gasteiger partial charge on any atom is 0.0733 e. The molecule has 3 atom stereocenters. The van der Waals surface area contributed by atoms with E-state index in [1.54, 1.807) is 0 Å². The molecule has 0 radical (unpaired) electrons. The standard InChI is InChI=1S/C21H25NO/c1-17(19-12-6-3-7-13-19)22(16-18-10-4-2-5-11-18)20-14-8-9-15-21(20)23/h2-13,17,20-21,23H,14-16H2,1H3/t17-,20+,21+/m1/s1. The molecule has 2 aromatic rings. The SMILES string of the molecule is C[C@H](c1ccccc1)N(Cc1ccccc1)[C@H]1CC=CC[C@@H]1O. The Hall–Kier alpha value is -1.90. The van der Waals surface area contributed by atoms with E-state index in [1.165, 1.54) is 11.1 Å². The van der Waals surface area contributed by atoms with Crippen molar-refractivity contribution in [3.05, 3.63) is 83.9 Å². The average Bonchev–Trinajstić information content (AvgIpc) is 2.61. The Kier molecular flexibility index (Phi) is 5.27. The molecular weight excluding hydrogens is 282 g/mol. The molecule has 2 heteroatoms. The van der Waals surface area contributed by atoms with E-state index in [9.17, 15) is 5.11 Å². The Morgan fingerprint density at radius 3 is 2.22 bits per heavy atom. The van der Waals surface area contributed by atoms with Gasteiger partial charge < -0.3 is 5.11 Å². The zero-order valence-electron chi connectivity index (χ0n) is 13.7. The fourth-order valence-electron chi connectivity index (χ4n) is 3.40. The van der Waals surface area contributed by atoms with Crippen molar-refractivity contribution in [1.82, 2.24) is 4.90 Å². The van der Waals surface area contributed by atoms with Gasteiger partial charge in [0.15, 0.2) is 0 Å². The van der Waals surface area contributed by atoms with Gasteiger partial charge in [-0.05, 0) is 30.9 Å². The molecule has 0 fully saturated rings. The van der Waals surface area contributed by atoms with E-state index < -0.39 is 0 Å². The van der Waals surface area contributed by atoms with Crippen LogP contribution in [0.5, 0.6) is 0 Å². The van der Waals surface area contributed by atoms with Crippen LogP contribution in [0.25, 0.3) is 0 Å². The largest absolute Gasteiger partial charge is 0.391 e. The number of hydrogen-bond donors (Lipinski definition) is 1. The second-order valence-corrected chi connectivity index (χ2v) is 6.32. The molecule has 1 aliphatic rings. The first-order valence-corrected chi connectivity index (χ1v) is 8.43. The summed E-state index contributed by atoms with van der Waals surface area (Å²) < 4.78 is 0. The molecule has 0 amide bonds. The Bertz CT molecular complexity index is 623. The lowest BCUT2D eigenvalue weighted by Gasteiger charge is -2.40. The van der Waals surface area contributed by atoms with Crippen LogP contribution in [0, 0.1) is 0 Å². The molecule has 2 nitrogen and oxygen atoms in total. The summed E-state index contributed by atoms with van der Waals surface area (Å²) in [6.07, 6.45) is 5.65. The Labute approximate surface area is 139 Å². The predicted octanol–water partition coefficient (Wildman–Crippen LogP) is 4.33. The summed E-state index contributed by atoms with van der Waals surface area (Å²) in [5.41, 5.74) is 2.59. The number of hydrogen-bond acceptors (Lipinski definition) is 2. The van der Waals surface area contributed by atoms with Crippen LogP contribution in [0.15, 0.2) is 72.8 Å². The van der Waals surface area contributed by atoms with E-state index in [1.807, 2.05) is 6.07 Å². The second kappa shape index (κ2) is 7.58. The second-order valence-electron chi connectivity index (χ2n) is 6.32. The van der Waals surface area contributed by atoms with Crippen LogP contribution < -0.4 is 0 Å². The van der Waals surface area contributed by atoms with Gasteiger partial charge in [0.1, 0.15) is 0 Å². The highest BCUT2D eigenvalue weighted by Crippen LogP contribution is 2.30. The lowest BCUT2D eigenvalue weighted by atomic mass is 9.93. The number of aliphatic hydroxyl groups excluding tert-OH is 1. The fourth-order valence-corrected chi connectivity index (χ4v) is 3.40. The molecule has 0 bridgehead atoms. The van der Waals surface area contributed by atoms with Crippen LogP contribution in [0.2, 0.25) is 0 Å². The lowest BCUT2D eigenvalue weighted by Crippen LogP contribution is -2.45. The Morgan fingerprint density at radius 2 is 1.57 bits per heavy atom. The molecule has 0 saturated carbocycles. The Balaban J connectivity index is 1.88. The van der Waals surface area contributed by atoms with Gasteiger partial charge in [0.2, 0.25) is 0 Å². The van der Waals surface area contributed by atoms with Crippen LogP contribution in [-0.2, 0) is 6.54 Å². The van der Waals surface area contributed by atoms with Crippen LogP contribution in [0.3, 0.4) is 0 Å². The highest BCUT2D eigenvalue weighted by molar-refractivity contribution is 5.21. The number of benzene rings is 2. The molecule has 3 rings (SSSR count). The molecule has 23 heavy (non-hydrogen) atoms. The molecule has 0 spiro atoms. The van der Waals surface area contributed by atoms with Crippen molar-refractivity contribution in [3.63, 3.8) is 0 Å². The molecule has 0 aliphatic heterocycles. The van der Waals surface area contributed by atoms with E-state index in [0.717, 1.165) is 19.4 Å². The normalized spacial score (nSPS) is 22.2. The zero-order chi connectivity index (χ0) is 16.1. The molecular formula is C21H25NO. The van der Waals surface area contributed by atoms with E-state index in [0.29, 0.717) is 0 Å². The van der Waals surface area contributed by atoms with E-state index in [-0.39, 0.29) is 18.2 Å². The van der Waals surface area contributed by atoms with Gasteiger partial charge in [-0.2, -0.15) is 0 Å². The van der Waals surface area contributed by atoms with Gasteiger partial charge in [-0.15, -0.1) is 0 Å². The average molecular weight is 307 g/mol. The summed E-state index contributed by atoms with van der Waals surface area (Å²) in [6.45, 7) is 3.09. The molecule has 1 aliphatic carbocycles. The highest BCUT2D eigenvalue weighted by atomic mass is 16.3. The molecule has 0 heterocycles. The van der Waals surface area contributed by atoms with Gasteiger partial charge in [0, 0.05) is 18.6 Å². The van der Waals surface area contributed by atoms with Crippen molar-refractivity contribution < 1.29 is 5.11 Å². The quantitative estimate of drug-likeness (QED) is 0.831. The smallest absolute Gasteiger partial charge is 0.0733 e. The minimum atomic E-state index is -0.296. The van der Waals surface area contributed by atoms with Crippen molar-refractivity contribution in [1.29, 1.82) is 0 Å². The van der Waals surface area contributed by atoms with Crippen LogP contribution in [0.4, 0.5) is 0 Å². The summed E-state index contributed by atoms with van der Waals surface area (Å²) in [4.78, 5) is 2.44. The first-order valence-electron chi connectivity index (χ1n) is 8.43. The number of nitrogens with zero attached hydrogens (tertiary/aromatic N) is 1. The molecule has 1 N–H and O–H groups in total. The molecule has 0 aromatic heterocycles. The number of rotatable bonds is 5. The van der Waals surface area contributed by atoms with Crippen molar-refractivity contribution in [2.24, 2.45) is 0 Å². The third-order valence-corrected chi connectivity index (χ3v) is 4.78. The first kappa shape index (κ1) is 16.0. The van der Waals surface area contributed by atoms with E-state index >= 15 is 0 Å². The van der Waals surface area contributed by atoms with Gasteiger partial charge in [-0.1, -0.05) is 72.8 Å². The minimum Gasteiger partial charge on any atom is -0.391 e. The van der Waals surface area contributed by atoms with Crippen molar-refractivity contribution >= 4 is 0 Å². The van der Waals surface area contributed by atoms with Crippen LogP contribution in [0.1, 0.15) is 36.9 Å². The third-order valence-electron chi connectivity index (χ3n) is 4.78. The van der Waals surface area contributed by atoms with Crippen molar-refractivity contribution in [2.45, 2.75) is 44.5 Å². The van der Waals surface area contributed by atoms with Crippen molar-refractivity contribution in [3.8, 4) is 0 Å². The molecule has 2 aromatic carbocycles. The Morgan fingerprint density at radius 1 is 0.957 bits per heavy atom. The maximum atomic E-state index is 10.5. The monoisotopic (exact) mass is 307 g/mol. The van der Waals surface area contributed by atoms with Gasteiger partial charge in [-0.3, -0.25) is 4.90 Å². The summed E-state index contributed by atoms with van der Waals surface area (Å²) in [7, 11) is 0. The van der Waals surface area contributed by atoms with Gasteiger partial charge >= 0.3 is 0 Å². The van der Waals surface area contributed by atoms with E-state index in [2.05, 4.69) is 78.6 Å². The summed E-state index contributed by atoms with van der Waals surface area (Å²) in [5.74, 6) is 0. The zero-order valence-corrected chi connectivity index (χ0v) is 13.7. The third kappa shape index (κ3) is 3.90. The van der Waals surface area contributed by atoms with Crippen molar-refractivity contribution in [2.75, 3.05) is 0 Å². The first-order chi connectivity index (χ1) is 11.3. The predicted molar refractivity (Wildman–Crippen MR) is 95.0 cm³/mol. The maximum absolute atomic E-state index is 10.5. The fraction of sp³-hybridized carbons (Fsp3) is 0.333. The molecule has 0 saturated heterocycles. The lowest BCUT2D eigenvalue weighted by molar-refractivity contribution is 0.0205. The molecule has 120 valence electrons. The summed E-state index contributed by atoms with van der Waals surface area (Å²) in [6, 6.07) is 21.5. The number of aliphatic hydroxyl groups is 1. The minimum absolute atomic E-state index is 0.162. The summed E-state index contributed by atoms with van der Waals surface area (Å²) >= 11 is 0. The summed E-state index contributed by atoms with van der Waals surface area (Å²) in [5, 5.41) is 10.5. The van der Waals surface area contributed by atoms with Crippen LogP contribution in [-0.4, -0.2) is 22.2 Å². The van der Waals surface area contributed by atoms with Gasteiger partial charge in [0.25, 0.3) is 0 Å². The van der Waals surface area contributed by atoms with Gasteiger partial charge in [-0.25, -0.2) is 0 Å².